The van der Waals surface area contributed by atoms with Gasteiger partial charge in [0.1, 0.15) is 0 Å². The van der Waals surface area contributed by atoms with Gasteiger partial charge in [-0.25, -0.2) is 0 Å². The van der Waals surface area contributed by atoms with Crippen LogP contribution in [0.5, 0.6) is 0 Å². The van der Waals surface area contributed by atoms with Crippen LogP contribution in [0.15, 0.2) is 0 Å². The quantitative estimate of drug-likeness (QED) is 0.773. The average Bonchev–Trinajstić information content (AvgIpc) is 2.94. The third-order valence-corrected chi connectivity index (χ3v) is 3.83. The Bertz CT molecular complexity index is 310. The summed E-state index contributed by atoms with van der Waals surface area (Å²) in [5.74, 6) is 0.665. The second-order valence-corrected chi connectivity index (χ2v) is 5.07. The van der Waals surface area contributed by atoms with Gasteiger partial charge in [0.2, 0.25) is 0 Å². The van der Waals surface area contributed by atoms with E-state index in [1.165, 1.54) is 47.8 Å². The summed E-state index contributed by atoms with van der Waals surface area (Å²) in [5, 5.41) is 7.65. The van der Waals surface area contributed by atoms with Crippen LogP contribution in [0.2, 0.25) is 0 Å². The summed E-state index contributed by atoms with van der Waals surface area (Å²) in [4.78, 5) is 1.31. The maximum Gasteiger partial charge on any atom is 0.0831 e. The average molecular weight is 241 g/mol. The van der Waals surface area contributed by atoms with Gasteiger partial charge < -0.3 is 10.1 Å². The molecular weight excluding hydrogens is 222 g/mol. The lowest BCUT2D eigenvalue weighted by atomic mass is 10.0. The molecule has 1 heterocycles. The first-order valence-corrected chi connectivity index (χ1v) is 6.70. The van der Waals surface area contributed by atoms with Gasteiger partial charge in [0.15, 0.2) is 0 Å². The highest BCUT2D eigenvalue weighted by Crippen LogP contribution is 2.35. The number of methoxy groups -OCH3 is 1. The Morgan fingerprint density at radius 3 is 3.00 bits per heavy atom. The zero-order valence-electron chi connectivity index (χ0n) is 9.74. The Morgan fingerprint density at radius 2 is 2.25 bits per heavy atom. The molecule has 1 aliphatic carbocycles. The van der Waals surface area contributed by atoms with Gasteiger partial charge in [0.05, 0.1) is 17.2 Å². The van der Waals surface area contributed by atoms with Crippen molar-refractivity contribution in [2.24, 2.45) is 0 Å². The molecule has 1 aromatic rings. The predicted octanol–water partition coefficient (Wildman–Crippen LogP) is 1.93. The molecule has 0 radical (unpaired) electrons. The Balaban J connectivity index is 1.86. The van der Waals surface area contributed by atoms with E-state index in [9.17, 15) is 0 Å². The molecule has 2 rings (SSSR count). The minimum atomic E-state index is 0.665. The maximum atomic E-state index is 5.00. The Labute approximate surface area is 101 Å². The summed E-state index contributed by atoms with van der Waals surface area (Å²) in [6.45, 7) is 2.52. The van der Waals surface area contributed by atoms with E-state index in [2.05, 4.69) is 14.9 Å². The molecule has 0 aliphatic heterocycles. The first kappa shape index (κ1) is 12.0. The molecule has 90 valence electrons. The lowest BCUT2D eigenvalue weighted by Crippen LogP contribution is -2.18. The SMILES string of the molecule is COCCNCc1snnc1C1CCCC1. The molecule has 0 atom stereocenters. The smallest absolute Gasteiger partial charge is 0.0831 e. The fourth-order valence-corrected chi connectivity index (χ4v) is 2.92. The van der Waals surface area contributed by atoms with Crippen molar-refractivity contribution in [2.75, 3.05) is 20.3 Å². The van der Waals surface area contributed by atoms with E-state index in [1.54, 1.807) is 7.11 Å². The van der Waals surface area contributed by atoms with Gasteiger partial charge in [-0.3, -0.25) is 0 Å². The largest absolute Gasteiger partial charge is 0.383 e. The van der Waals surface area contributed by atoms with Crippen molar-refractivity contribution in [3.8, 4) is 0 Å². The summed E-state index contributed by atoms with van der Waals surface area (Å²) in [6, 6.07) is 0. The second-order valence-electron chi connectivity index (χ2n) is 4.23. The highest BCUT2D eigenvalue weighted by atomic mass is 32.1. The van der Waals surface area contributed by atoms with Gasteiger partial charge in [-0.2, -0.15) is 0 Å². The number of nitrogens with zero attached hydrogens (tertiary/aromatic N) is 2. The van der Waals surface area contributed by atoms with Crippen molar-refractivity contribution in [2.45, 2.75) is 38.1 Å². The van der Waals surface area contributed by atoms with Crippen LogP contribution in [0.1, 0.15) is 42.2 Å². The van der Waals surface area contributed by atoms with Crippen LogP contribution in [-0.4, -0.2) is 29.8 Å². The first-order valence-electron chi connectivity index (χ1n) is 5.92. The van der Waals surface area contributed by atoms with Crippen LogP contribution in [0, 0.1) is 0 Å². The van der Waals surface area contributed by atoms with Crippen molar-refractivity contribution < 1.29 is 4.74 Å². The molecule has 16 heavy (non-hydrogen) atoms. The summed E-state index contributed by atoms with van der Waals surface area (Å²) < 4.78 is 9.09. The van der Waals surface area contributed by atoms with Gasteiger partial charge in [-0.05, 0) is 24.4 Å². The minimum absolute atomic E-state index is 0.665. The van der Waals surface area contributed by atoms with E-state index in [-0.39, 0.29) is 0 Å². The minimum Gasteiger partial charge on any atom is -0.383 e. The van der Waals surface area contributed by atoms with E-state index in [4.69, 9.17) is 4.74 Å². The first-order chi connectivity index (χ1) is 7.92. The highest BCUT2D eigenvalue weighted by molar-refractivity contribution is 7.05. The molecule has 0 saturated heterocycles. The molecule has 0 amide bonds. The van der Waals surface area contributed by atoms with Gasteiger partial charge >= 0.3 is 0 Å². The molecule has 4 nitrogen and oxygen atoms in total. The van der Waals surface area contributed by atoms with Crippen molar-refractivity contribution in [1.29, 1.82) is 0 Å². The second kappa shape index (κ2) is 6.27. The zero-order chi connectivity index (χ0) is 11.2. The molecule has 1 aliphatic rings. The van der Waals surface area contributed by atoms with Crippen LogP contribution in [0.25, 0.3) is 0 Å². The lowest BCUT2D eigenvalue weighted by molar-refractivity contribution is 0.199. The van der Waals surface area contributed by atoms with Gasteiger partial charge in [-0.15, -0.1) is 5.10 Å². The standard InChI is InChI=1S/C11H19N3OS/c1-15-7-6-12-8-10-11(13-14-16-10)9-4-2-3-5-9/h9,12H,2-8H2,1H3. The third-order valence-electron chi connectivity index (χ3n) is 3.10. The predicted molar refractivity (Wildman–Crippen MR) is 64.7 cm³/mol. The number of nitrogens with one attached hydrogen (secondary N) is 1. The number of aromatic nitrogens is 2. The van der Waals surface area contributed by atoms with E-state index < -0.39 is 0 Å². The Hall–Kier alpha value is -0.520. The van der Waals surface area contributed by atoms with E-state index in [0.717, 1.165) is 19.7 Å². The summed E-state index contributed by atoms with van der Waals surface area (Å²) in [7, 11) is 1.72. The van der Waals surface area contributed by atoms with Crippen LogP contribution >= 0.6 is 11.5 Å². The summed E-state index contributed by atoms with van der Waals surface area (Å²) >= 11 is 1.53. The number of ether oxygens (including phenoxy) is 1. The van der Waals surface area contributed by atoms with Crippen molar-refractivity contribution in [1.82, 2.24) is 14.9 Å². The van der Waals surface area contributed by atoms with Gasteiger partial charge in [-0.1, -0.05) is 17.3 Å². The molecule has 0 aromatic carbocycles. The molecule has 1 aromatic heterocycles. The fraction of sp³-hybridized carbons (Fsp3) is 0.818. The zero-order valence-corrected chi connectivity index (χ0v) is 10.6. The molecule has 1 N–H and O–H groups in total. The molecule has 0 spiro atoms. The summed E-state index contributed by atoms with van der Waals surface area (Å²) in [6.07, 6.45) is 5.27. The molecule has 5 heteroatoms. The van der Waals surface area contributed by atoms with Gasteiger partial charge in [0, 0.05) is 26.1 Å². The molecular formula is C11H19N3OS. The van der Waals surface area contributed by atoms with E-state index >= 15 is 0 Å². The monoisotopic (exact) mass is 241 g/mol. The number of rotatable bonds is 6. The maximum absolute atomic E-state index is 5.00. The Morgan fingerprint density at radius 1 is 1.44 bits per heavy atom. The molecule has 1 fully saturated rings. The van der Waals surface area contributed by atoms with Crippen molar-refractivity contribution >= 4 is 11.5 Å². The van der Waals surface area contributed by atoms with Crippen molar-refractivity contribution in [3.05, 3.63) is 10.6 Å². The normalized spacial score (nSPS) is 17.1. The molecule has 0 unspecified atom stereocenters. The van der Waals surface area contributed by atoms with Crippen molar-refractivity contribution in [3.63, 3.8) is 0 Å². The topological polar surface area (TPSA) is 47.0 Å². The van der Waals surface area contributed by atoms with E-state index in [1.807, 2.05) is 0 Å². The molecule has 1 saturated carbocycles. The molecule has 0 bridgehead atoms. The van der Waals surface area contributed by atoms with Crippen LogP contribution in [-0.2, 0) is 11.3 Å². The van der Waals surface area contributed by atoms with E-state index in [0.29, 0.717) is 5.92 Å². The van der Waals surface area contributed by atoms with Crippen LogP contribution < -0.4 is 5.32 Å². The fourth-order valence-electron chi connectivity index (χ4n) is 2.22. The highest BCUT2D eigenvalue weighted by Gasteiger charge is 2.22. The summed E-state index contributed by atoms with van der Waals surface area (Å²) in [5.41, 5.74) is 1.24. The number of hydrogen-bond donors (Lipinski definition) is 1. The third kappa shape index (κ3) is 2.99. The van der Waals surface area contributed by atoms with Gasteiger partial charge in [0.25, 0.3) is 0 Å². The van der Waals surface area contributed by atoms with Crippen LogP contribution in [0.4, 0.5) is 0 Å². The van der Waals surface area contributed by atoms with Crippen LogP contribution in [0.3, 0.4) is 0 Å². The lowest BCUT2D eigenvalue weighted by Gasteiger charge is -2.08. The Kier molecular flexibility index (Phi) is 4.69. The number of hydrogen-bond acceptors (Lipinski definition) is 5.